The molecule has 0 aliphatic carbocycles. The highest BCUT2D eigenvalue weighted by Crippen LogP contribution is 2.19. The van der Waals surface area contributed by atoms with Gasteiger partial charge < -0.3 is 15.1 Å². The lowest BCUT2D eigenvalue weighted by atomic mass is 10.3. The Bertz CT molecular complexity index is 545. The number of nitrogens with one attached hydrogen (secondary N) is 2. The Morgan fingerprint density at radius 2 is 2.21 bits per heavy atom. The maximum Gasteiger partial charge on any atom is 0.192 e. The number of fused-ring (bicyclic) bond motifs is 1. The van der Waals surface area contributed by atoms with Crippen LogP contribution in [0, 0.1) is 6.92 Å². The predicted molar refractivity (Wildman–Crippen MR) is 76.5 cm³/mol. The van der Waals surface area contributed by atoms with Gasteiger partial charge in [0.25, 0.3) is 0 Å². The summed E-state index contributed by atoms with van der Waals surface area (Å²) in [6, 6.07) is 6.08. The van der Waals surface area contributed by atoms with Gasteiger partial charge >= 0.3 is 0 Å². The van der Waals surface area contributed by atoms with Crippen LogP contribution < -0.4 is 10.6 Å². The summed E-state index contributed by atoms with van der Waals surface area (Å²) in [4.78, 5) is 6.77. The molecule has 0 spiro atoms. The maximum atomic E-state index is 5.54. The van der Waals surface area contributed by atoms with Crippen LogP contribution in [0.25, 0.3) is 11.1 Å². The van der Waals surface area contributed by atoms with Crippen LogP contribution in [0.3, 0.4) is 0 Å². The maximum absolute atomic E-state index is 5.54. The highest BCUT2D eigenvalue weighted by molar-refractivity contribution is 5.77. The van der Waals surface area contributed by atoms with Gasteiger partial charge in [-0.05, 0) is 12.1 Å². The first-order valence-electron chi connectivity index (χ1n) is 6.85. The zero-order valence-corrected chi connectivity index (χ0v) is 11.3. The molecule has 0 bridgehead atoms. The van der Waals surface area contributed by atoms with Crippen molar-refractivity contribution in [1.82, 2.24) is 15.2 Å². The molecule has 2 heterocycles. The van der Waals surface area contributed by atoms with Gasteiger partial charge in [0.1, 0.15) is 5.52 Å². The molecule has 0 unspecified atom stereocenters. The van der Waals surface area contributed by atoms with E-state index >= 15 is 0 Å². The van der Waals surface area contributed by atoms with Crippen molar-refractivity contribution in [3.05, 3.63) is 24.1 Å². The Kier molecular flexibility index (Phi) is 3.66. The van der Waals surface area contributed by atoms with Crippen LogP contribution in [0.1, 0.15) is 5.89 Å². The molecule has 1 aromatic carbocycles. The summed E-state index contributed by atoms with van der Waals surface area (Å²) in [6.07, 6.45) is 0. The molecule has 0 radical (unpaired) electrons. The molecule has 5 nitrogen and oxygen atoms in total. The van der Waals surface area contributed by atoms with E-state index < -0.39 is 0 Å². The number of piperazine rings is 1. The van der Waals surface area contributed by atoms with Crippen LogP contribution in [-0.2, 0) is 0 Å². The zero-order chi connectivity index (χ0) is 13.1. The number of hydrogen-bond donors (Lipinski definition) is 2. The van der Waals surface area contributed by atoms with E-state index in [9.17, 15) is 0 Å². The van der Waals surface area contributed by atoms with Gasteiger partial charge in [-0.3, -0.25) is 4.90 Å². The van der Waals surface area contributed by atoms with Crippen molar-refractivity contribution in [3.8, 4) is 0 Å². The van der Waals surface area contributed by atoms with E-state index in [0.717, 1.165) is 56.1 Å². The number of benzene rings is 1. The van der Waals surface area contributed by atoms with E-state index in [1.165, 1.54) is 0 Å². The molecule has 19 heavy (non-hydrogen) atoms. The summed E-state index contributed by atoms with van der Waals surface area (Å²) < 4.78 is 5.54. The Hall–Kier alpha value is -1.59. The second kappa shape index (κ2) is 5.59. The number of nitrogens with zero attached hydrogens (tertiary/aromatic N) is 2. The fourth-order valence-electron chi connectivity index (χ4n) is 2.44. The monoisotopic (exact) mass is 260 g/mol. The van der Waals surface area contributed by atoms with Crippen LogP contribution in [0.5, 0.6) is 0 Å². The lowest BCUT2D eigenvalue weighted by Crippen LogP contribution is -2.45. The van der Waals surface area contributed by atoms with Crippen molar-refractivity contribution >= 4 is 16.8 Å². The summed E-state index contributed by atoms with van der Waals surface area (Å²) in [5.74, 6) is 0.716. The third-order valence-electron chi connectivity index (χ3n) is 3.46. The summed E-state index contributed by atoms with van der Waals surface area (Å²) in [6.45, 7) is 8.39. The molecule has 2 aromatic rings. The Morgan fingerprint density at radius 3 is 3.05 bits per heavy atom. The second-order valence-electron chi connectivity index (χ2n) is 4.93. The van der Waals surface area contributed by atoms with Crippen LogP contribution in [0.4, 0.5) is 5.69 Å². The number of anilines is 1. The fourth-order valence-corrected chi connectivity index (χ4v) is 2.44. The van der Waals surface area contributed by atoms with Crippen LogP contribution >= 0.6 is 0 Å². The first-order chi connectivity index (χ1) is 9.31. The van der Waals surface area contributed by atoms with E-state index in [0.29, 0.717) is 5.89 Å². The van der Waals surface area contributed by atoms with E-state index in [1.54, 1.807) is 0 Å². The van der Waals surface area contributed by atoms with Crippen LogP contribution in [0.15, 0.2) is 22.6 Å². The molecule has 0 saturated carbocycles. The van der Waals surface area contributed by atoms with Gasteiger partial charge in [-0.15, -0.1) is 0 Å². The molecule has 2 N–H and O–H groups in total. The van der Waals surface area contributed by atoms with Crippen molar-refractivity contribution in [2.45, 2.75) is 6.92 Å². The topological polar surface area (TPSA) is 53.3 Å². The molecular weight excluding hydrogens is 240 g/mol. The average Bonchev–Trinajstić information content (AvgIpc) is 2.79. The molecule has 3 rings (SSSR count). The van der Waals surface area contributed by atoms with E-state index in [-0.39, 0.29) is 0 Å². The van der Waals surface area contributed by atoms with E-state index in [4.69, 9.17) is 4.42 Å². The SMILES string of the molecule is Cc1nc2ccc(NCCN3CCNCC3)cc2o1. The molecule has 1 fully saturated rings. The summed E-state index contributed by atoms with van der Waals surface area (Å²) in [5, 5.41) is 6.81. The molecule has 1 saturated heterocycles. The molecule has 0 amide bonds. The highest BCUT2D eigenvalue weighted by Gasteiger charge is 2.08. The van der Waals surface area contributed by atoms with Gasteiger partial charge in [0.15, 0.2) is 11.5 Å². The Balaban J connectivity index is 1.55. The van der Waals surface area contributed by atoms with Crippen molar-refractivity contribution in [2.75, 3.05) is 44.6 Å². The van der Waals surface area contributed by atoms with Gasteiger partial charge in [0.05, 0.1) is 0 Å². The van der Waals surface area contributed by atoms with Crippen LogP contribution in [-0.4, -0.2) is 49.2 Å². The third-order valence-corrected chi connectivity index (χ3v) is 3.46. The van der Waals surface area contributed by atoms with Gasteiger partial charge in [-0.1, -0.05) is 0 Å². The minimum atomic E-state index is 0.716. The summed E-state index contributed by atoms with van der Waals surface area (Å²) in [7, 11) is 0. The first kappa shape index (κ1) is 12.4. The van der Waals surface area contributed by atoms with Crippen molar-refractivity contribution in [2.24, 2.45) is 0 Å². The van der Waals surface area contributed by atoms with Gasteiger partial charge in [0, 0.05) is 57.9 Å². The molecule has 1 aromatic heterocycles. The predicted octanol–water partition coefficient (Wildman–Crippen LogP) is 1.45. The van der Waals surface area contributed by atoms with Crippen molar-refractivity contribution in [1.29, 1.82) is 0 Å². The van der Waals surface area contributed by atoms with Gasteiger partial charge in [0.2, 0.25) is 0 Å². The molecule has 1 aliphatic rings. The lowest BCUT2D eigenvalue weighted by molar-refractivity contribution is 0.249. The third kappa shape index (κ3) is 3.05. The van der Waals surface area contributed by atoms with E-state index in [1.807, 2.05) is 19.1 Å². The number of hydrogen-bond acceptors (Lipinski definition) is 5. The molecule has 102 valence electrons. The summed E-state index contributed by atoms with van der Waals surface area (Å²) >= 11 is 0. The van der Waals surface area contributed by atoms with Crippen LogP contribution in [0.2, 0.25) is 0 Å². The van der Waals surface area contributed by atoms with Crippen molar-refractivity contribution < 1.29 is 4.42 Å². The lowest BCUT2D eigenvalue weighted by Gasteiger charge is -2.27. The van der Waals surface area contributed by atoms with Gasteiger partial charge in [-0.25, -0.2) is 4.98 Å². The number of oxazole rings is 1. The highest BCUT2D eigenvalue weighted by atomic mass is 16.3. The Morgan fingerprint density at radius 1 is 1.37 bits per heavy atom. The van der Waals surface area contributed by atoms with Crippen molar-refractivity contribution in [3.63, 3.8) is 0 Å². The second-order valence-corrected chi connectivity index (χ2v) is 4.93. The first-order valence-corrected chi connectivity index (χ1v) is 6.85. The smallest absolute Gasteiger partial charge is 0.192 e. The average molecular weight is 260 g/mol. The molecule has 1 aliphatic heterocycles. The quantitative estimate of drug-likeness (QED) is 0.871. The van der Waals surface area contributed by atoms with E-state index in [2.05, 4.69) is 26.6 Å². The fraction of sp³-hybridized carbons (Fsp3) is 0.500. The normalized spacial score (nSPS) is 16.9. The number of rotatable bonds is 4. The molecule has 5 heteroatoms. The standard InChI is InChI=1S/C14H20N4O/c1-11-17-13-3-2-12(10-14(13)19-11)16-6-9-18-7-4-15-5-8-18/h2-3,10,15-16H,4-9H2,1H3. The minimum Gasteiger partial charge on any atom is -0.441 e. The zero-order valence-electron chi connectivity index (χ0n) is 11.3. The largest absolute Gasteiger partial charge is 0.441 e. The Labute approximate surface area is 113 Å². The molecule has 0 atom stereocenters. The minimum absolute atomic E-state index is 0.716. The number of aryl methyl sites for hydroxylation is 1. The number of aromatic nitrogens is 1. The summed E-state index contributed by atoms with van der Waals surface area (Å²) in [5.41, 5.74) is 2.87. The molecular formula is C14H20N4O. The van der Waals surface area contributed by atoms with Gasteiger partial charge in [-0.2, -0.15) is 0 Å².